The fourth-order valence-corrected chi connectivity index (χ4v) is 3.53. The third kappa shape index (κ3) is 5.04. The second kappa shape index (κ2) is 8.93. The second-order valence-electron chi connectivity index (χ2n) is 6.60. The fraction of sp³-hybridized carbons (Fsp3) is 0.190. The number of hydrogen-bond donors (Lipinski definition) is 1. The zero-order chi connectivity index (χ0) is 20.9. The van der Waals surface area contributed by atoms with Gasteiger partial charge >= 0.3 is 0 Å². The van der Waals surface area contributed by atoms with Crippen LogP contribution in [0.5, 0.6) is 0 Å². The topological polar surface area (TPSA) is 92.3 Å². The van der Waals surface area contributed by atoms with E-state index >= 15 is 0 Å². The highest BCUT2D eigenvalue weighted by Crippen LogP contribution is 2.15. The van der Waals surface area contributed by atoms with Crippen LogP contribution in [-0.4, -0.2) is 49.2 Å². The van der Waals surface area contributed by atoms with Crippen molar-refractivity contribution in [3.05, 3.63) is 78.1 Å². The van der Waals surface area contributed by atoms with Gasteiger partial charge in [-0.05, 0) is 36.2 Å². The van der Waals surface area contributed by atoms with Crippen LogP contribution in [0, 0.1) is 0 Å². The van der Waals surface area contributed by atoms with Gasteiger partial charge in [-0.1, -0.05) is 30.3 Å². The first-order valence-electron chi connectivity index (χ1n) is 9.05. The third-order valence-electron chi connectivity index (χ3n) is 4.33. The SMILES string of the molecule is CN(C)S(=O)(=O)c1ccc(C(=O)NCCc2cnc(-c3ccccc3)nc2)cc1. The van der Waals surface area contributed by atoms with Gasteiger partial charge in [0.05, 0.1) is 4.90 Å². The van der Waals surface area contributed by atoms with Crippen molar-refractivity contribution >= 4 is 15.9 Å². The molecule has 150 valence electrons. The minimum Gasteiger partial charge on any atom is -0.352 e. The molecule has 0 aliphatic rings. The van der Waals surface area contributed by atoms with E-state index in [1.165, 1.54) is 38.4 Å². The van der Waals surface area contributed by atoms with Gasteiger partial charge in [0.1, 0.15) is 0 Å². The highest BCUT2D eigenvalue weighted by Gasteiger charge is 2.17. The average Bonchev–Trinajstić information content (AvgIpc) is 2.75. The van der Waals surface area contributed by atoms with Gasteiger partial charge in [-0.3, -0.25) is 4.79 Å². The molecule has 3 aromatic rings. The lowest BCUT2D eigenvalue weighted by molar-refractivity contribution is 0.0954. The van der Waals surface area contributed by atoms with E-state index in [4.69, 9.17) is 0 Å². The molecule has 3 rings (SSSR count). The monoisotopic (exact) mass is 410 g/mol. The summed E-state index contributed by atoms with van der Waals surface area (Å²) in [5.74, 6) is 0.395. The lowest BCUT2D eigenvalue weighted by Crippen LogP contribution is -2.26. The molecule has 0 bridgehead atoms. The van der Waals surface area contributed by atoms with Gasteiger partial charge in [0.25, 0.3) is 5.91 Å². The third-order valence-corrected chi connectivity index (χ3v) is 6.16. The number of rotatable bonds is 7. The lowest BCUT2D eigenvalue weighted by atomic mass is 10.2. The van der Waals surface area contributed by atoms with E-state index in [1.54, 1.807) is 12.4 Å². The van der Waals surface area contributed by atoms with Crippen LogP contribution in [0.3, 0.4) is 0 Å². The maximum atomic E-state index is 12.3. The number of hydrogen-bond acceptors (Lipinski definition) is 5. The van der Waals surface area contributed by atoms with Crippen molar-refractivity contribution in [1.82, 2.24) is 19.6 Å². The summed E-state index contributed by atoms with van der Waals surface area (Å²) >= 11 is 0. The Hall–Kier alpha value is -3.10. The van der Waals surface area contributed by atoms with Gasteiger partial charge in [-0.25, -0.2) is 22.7 Å². The molecular formula is C21H22N4O3S. The number of aromatic nitrogens is 2. The summed E-state index contributed by atoms with van der Waals surface area (Å²) in [5.41, 5.74) is 2.27. The summed E-state index contributed by atoms with van der Waals surface area (Å²) in [5, 5.41) is 2.82. The number of nitrogens with zero attached hydrogens (tertiary/aromatic N) is 3. The van der Waals surface area contributed by atoms with E-state index in [0.717, 1.165) is 15.4 Å². The molecular weight excluding hydrogens is 388 g/mol. The molecule has 0 radical (unpaired) electrons. The number of carbonyl (C=O) groups excluding carboxylic acids is 1. The first-order chi connectivity index (χ1) is 13.9. The van der Waals surface area contributed by atoms with Crippen molar-refractivity contribution in [3.8, 4) is 11.4 Å². The number of carbonyl (C=O) groups is 1. The van der Waals surface area contributed by atoms with E-state index in [2.05, 4.69) is 15.3 Å². The lowest BCUT2D eigenvalue weighted by Gasteiger charge is -2.11. The van der Waals surface area contributed by atoms with Crippen LogP contribution in [0.25, 0.3) is 11.4 Å². The van der Waals surface area contributed by atoms with Crippen LogP contribution in [-0.2, 0) is 16.4 Å². The van der Waals surface area contributed by atoms with Crippen LogP contribution in [0.4, 0.5) is 0 Å². The number of benzene rings is 2. The maximum Gasteiger partial charge on any atom is 0.251 e. The minimum atomic E-state index is -3.51. The Bertz CT molecular complexity index is 1070. The number of amides is 1. The average molecular weight is 410 g/mol. The summed E-state index contributed by atoms with van der Waals surface area (Å²) in [7, 11) is -0.580. The number of sulfonamides is 1. The molecule has 0 aliphatic carbocycles. The maximum absolute atomic E-state index is 12.3. The van der Waals surface area contributed by atoms with E-state index < -0.39 is 10.0 Å². The summed E-state index contributed by atoms with van der Waals surface area (Å²) in [6, 6.07) is 15.6. The molecule has 0 aliphatic heterocycles. The van der Waals surface area contributed by atoms with Crippen molar-refractivity contribution < 1.29 is 13.2 Å². The molecule has 1 N–H and O–H groups in total. The Labute approximate surface area is 170 Å². The summed E-state index contributed by atoms with van der Waals surface area (Å²) in [4.78, 5) is 21.1. The zero-order valence-corrected chi connectivity index (χ0v) is 17.1. The highest BCUT2D eigenvalue weighted by atomic mass is 32.2. The molecule has 8 heteroatoms. The molecule has 0 saturated heterocycles. The van der Waals surface area contributed by atoms with Gasteiger partial charge in [-0.15, -0.1) is 0 Å². The molecule has 0 spiro atoms. The molecule has 0 fully saturated rings. The molecule has 7 nitrogen and oxygen atoms in total. The summed E-state index contributed by atoms with van der Waals surface area (Å²) in [6.07, 6.45) is 4.10. The molecule has 0 saturated carbocycles. The van der Waals surface area contributed by atoms with Gasteiger partial charge in [0.15, 0.2) is 5.82 Å². The first-order valence-corrected chi connectivity index (χ1v) is 10.5. The van der Waals surface area contributed by atoms with Crippen molar-refractivity contribution in [2.24, 2.45) is 0 Å². The number of nitrogens with one attached hydrogen (secondary N) is 1. The molecule has 0 atom stereocenters. The quantitative estimate of drug-likeness (QED) is 0.646. The molecule has 29 heavy (non-hydrogen) atoms. The second-order valence-corrected chi connectivity index (χ2v) is 8.75. The first kappa shape index (κ1) is 20.6. The zero-order valence-electron chi connectivity index (χ0n) is 16.2. The van der Waals surface area contributed by atoms with Gasteiger partial charge in [0.2, 0.25) is 10.0 Å². The van der Waals surface area contributed by atoms with Crippen molar-refractivity contribution in [3.63, 3.8) is 0 Å². The largest absolute Gasteiger partial charge is 0.352 e. The Morgan fingerprint density at radius 3 is 2.17 bits per heavy atom. The predicted octanol–water partition coefficient (Wildman–Crippen LogP) is 2.37. The molecule has 2 aromatic carbocycles. The van der Waals surface area contributed by atoms with Gasteiger partial charge in [0, 0.05) is 44.2 Å². The predicted molar refractivity (Wildman–Crippen MR) is 111 cm³/mol. The van der Waals surface area contributed by atoms with Crippen LogP contribution in [0.1, 0.15) is 15.9 Å². The highest BCUT2D eigenvalue weighted by molar-refractivity contribution is 7.89. The van der Waals surface area contributed by atoms with E-state index in [1.807, 2.05) is 30.3 Å². The van der Waals surface area contributed by atoms with Crippen LogP contribution >= 0.6 is 0 Å². The van der Waals surface area contributed by atoms with Crippen molar-refractivity contribution in [1.29, 1.82) is 0 Å². The molecule has 1 aromatic heterocycles. The molecule has 0 unspecified atom stereocenters. The summed E-state index contributed by atoms with van der Waals surface area (Å²) < 4.78 is 25.3. The van der Waals surface area contributed by atoms with E-state index in [-0.39, 0.29) is 10.8 Å². The van der Waals surface area contributed by atoms with Crippen LogP contribution in [0.15, 0.2) is 71.9 Å². The molecule has 1 heterocycles. The summed E-state index contributed by atoms with van der Waals surface area (Å²) in [6.45, 7) is 0.421. The van der Waals surface area contributed by atoms with E-state index in [0.29, 0.717) is 24.4 Å². The van der Waals surface area contributed by atoms with Crippen molar-refractivity contribution in [2.45, 2.75) is 11.3 Å². The Morgan fingerprint density at radius 2 is 1.59 bits per heavy atom. The standard InChI is InChI=1S/C21H22N4O3S/c1-25(2)29(27,28)19-10-8-18(9-11-19)21(26)22-13-12-16-14-23-20(24-15-16)17-6-4-3-5-7-17/h3-11,14-15H,12-13H2,1-2H3,(H,22,26). The fourth-order valence-electron chi connectivity index (χ4n) is 2.63. The van der Waals surface area contributed by atoms with Crippen molar-refractivity contribution in [2.75, 3.05) is 20.6 Å². The van der Waals surface area contributed by atoms with Crippen LogP contribution < -0.4 is 5.32 Å². The molecule has 1 amide bonds. The van der Waals surface area contributed by atoms with Gasteiger partial charge in [-0.2, -0.15) is 0 Å². The Balaban J connectivity index is 1.55. The Morgan fingerprint density at radius 1 is 0.966 bits per heavy atom. The Kier molecular flexibility index (Phi) is 6.36. The minimum absolute atomic E-state index is 0.148. The normalized spacial score (nSPS) is 11.4. The van der Waals surface area contributed by atoms with Crippen LogP contribution in [0.2, 0.25) is 0 Å². The van der Waals surface area contributed by atoms with E-state index in [9.17, 15) is 13.2 Å². The van der Waals surface area contributed by atoms with Gasteiger partial charge < -0.3 is 5.32 Å². The smallest absolute Gasteiger partial charge is 0.251 e.